The predicted octanol–water partition coefficient (Wildman–Crippen LogP) is 1.07. The second-order valence-electron chi connectivity index (χ2n) is 4.96. The van der Waals surface area contributed by atoms with Gasteiger partial charge >= 0.3 is 5.69 Å². The number of imidazole rings is 1. The molecular weight excluding hydrogens is 294 g/mol. The summed E-state index contributed by atoms with van der Waals surface area (Å²) in [4.78, 5) is 26.7. The summed E-state index contributed by atoms with van der Waals surface area (Å²) in [5.74, 6) is 0.426. The lowest BCUT2D eigenvalue weighted by molar-refractivity contribution is 0.796. The number of aryl methyl sites for hydroxylation is 3. The molecule has 0 aliphatic heterocycles. The first-order valence-electron chi connectivity index (χ1n) is 6.98. The number of nitrogen functional groups attached to an aromatic ring is 1. The summed E-state index contributed by atoms with van der Waals surface area (Å²) in [6, 6.07) is 0. The van der Waals surface area contributed by atoms with Gasteiger partial charge in [-0.1, -0.05) is 12.2 Å². The Kier molecular flexibility index (Phi) is 4.85. The number of nitrogens with zero attached hydrogens (tertiary/aromatic N) is 6. The minimum absolute atomic E-state index is 0.208. The Balaban J connectivity index is 0.000000167. The van der Waals surface area contributed by atoms with Crippen molar-refractivity contribution < 1.29 is 0 Å². The average molecular weight is 313 g/mol. The number of hydrogen-bond acceptors (Lipinski definition) is 6. The maximum Gasteiger partial charge on any atom is 0.347 e. The summed E-state index contributed by atoms with van der Waals surface area (Å²) in [7, 11) is 3.56. The summed E-state index contributed by atoms with van der Waals surface area (Å²) in [5, 5.41) is 0. The van der Waals surface area contributed by atoms with E-state index in [4.69, 9.17) is 5.73 Å². The van der Waals surface area contributed by atoms with Crippen molar-refractivity contribution in [3.05, 3.63) is 46.7 Å². The van der Waals surface area contributed by atoms with Crippen LogP contribution in [0.15, 0.2) is 29.7 Å². The molecule has 0 saturated carbocycles. The summed E-state index contributed by atoms with van der Waals surface area (Å²) in [5.41, 5.74) is 8.52. The van der Waals surface area contributed by atoms with Crippen molar-refractivity contribution in [3.8, 4) is 0 Å². The zero-order valence-electron chi connectivity index (χ0n) is 13.6. The minimum Gasteiger partial charge on any atom is -0.382 e. The summed E-state index contributed by atoms with van der Waals surface area (Å²) in [6.07, 6.45) is 8.73. The highest BCUT2D eigenvalue weighted by Gasteiger charge is 2.03. The normalized spacial score (nSPS) is 10.8. The number of aromatic nitrogens is 6. The Morgan fingerprint density at radius 2 is 1.91 bits per heavy atom. The largest absolute Gasteiger partial charge is 0.382 e. The highest BCUT2D eigenvalue weighted by molar-refractivity contribution is 5.80. The molecule has 2 N–H and O–H groups in total. The SMILES string of the molecule is C/C=C/c1cn(C)c(=O)nc1C.Cn1cnc2c(N)ncnc21. The van der Waals surface area contributed by atoms with E-state index in [1.807, 2.05) is 33.0 Å². The van der Waals surface area contributed by atoms with Gasteiger partial charge in [0.1, 0.15) is 11.8 Å². The van der Waals surface area contributed by atoms with E-state index >= 15 is 0 Å². The third-order valence-corrected chi connectivity index (χ3v) is 3.19. The van der Waals surface area contributed by atoms with Gasteiger partial charge in [-0.2, -0.15) is 4.98 Å². The molecule has 8 nitrogen and oxygen atoms in total. The number of nitrogens with two attached hydrogens (primary N) is 1. The first kappa shape index (κ1) is 16.3. The van der Waals surface area contributed by atoms with E-state index in [1.165, 1.54) is 10.9 Å². The fourth-order valence-corrected chi connectivity index (χ4v) is 1.95. The smallest absolute Gasteiger partial charge is 0.347 e. The van der Waals surface area contributed by atoms with Gasteiger partial charge < -0.3 is 14.9 Å². The van der Waals surface area contributed by atoms with Crippen molar-refractivity contribution >= 4 is 23.1 Å². The van der Waals surface area contributed by atoms with Gasteiger partial charge in [0.25, 0.3) is 0 Å². The molecule has 3 aromatic heterocycles. The van der Waals surface area contributed by atoms with E-state index in [1.54, 1.807) is 24.1 Å². The van der Waals surface area contributed by atoms with Crippen LogP contribution < -0.4 is 11.4 Å². The van der Waals surface area contributed by atoms with E-state index in [-0.39, 0.29) is 5.69 Å². The molecule has 0 spiro atoms. The Bertz CT molecular complexity index is 908. The van der Waals surface area contributed by atoms with E-state index in [0.29, 0.717) is 11.3 Å². The van der Waals surface area contributed by atoms with Crippen LogP contribution in [0, 0.1) is 6.92 Å². The van der Waals surface area contributed by atoms with Crippen LogP contribution in [-0.2, 0) is 14.1 Å². The monoisotopic (exact) mass is 313 g/mol. The number of fused-ring (bicyclic) bond motifs is 1. The van der Waals surface area contributed by atoms with E-state index in [0.717, 1.165) is 16.9 Å². The zero-order valence-corrected chi connectivity index (χ0v) is 13.6. The van der Waals surface area contributed by atoms with Crippen molar-refractivity contribution in [1.29, 1.82) is 0 Å². The van der Waals surface area contributed by atoms with Crippen LogP contribution in [0.25, 0.3) is 17.2 Å². The van der Waals surface area contributed by atoms with Crippen LogP contribution in [-0.4, -0.2) is 29.1 Å². The molecule has 0 atom stereocenters. The van der Waals surface area contributed by atoms with Crippen LogP contribution in [0.1, 0.15) is 18.2 Å². The third-order valence-electron chi connectivity index (χ3n) is 3.19. The van der Waals surface area contributed by atoms with Crippen molar-refractivity contribution in [3.63, 3.8) is 0 Å². The lowest BCUT2D eigenvalue weighted by Crippen LogP contribution is -2.20. The molecule has 0 aliphatic carbocycles. The fourth-order valence-electron chi connectivity index (χ4n) is 1.95. The molecule has 23 heavy (non-hydrogen) atoms. The molecule has 0 aliphatic rings. The van der Waals surface area contributed by atoms with Gasteiger partial charge in [-0.05, 0) is 13.8 Å². The Morgan fingerprint density at radius 3 is 2.57 bits per heavy atom. The van der Waals surface area contributed by atoms with E-state index in [9.17, 15) is 4.79 Å². The van der Waals surface area contributed by atoms with Crippen LogP contribution in [0.2, 0.25) is 0 Å². The lowest BCUT2D eigenvalue weighted by Gasteiger charge is -2.01. The standard InChI is InChI=1S/C9H12N2O.C6H7N5/c1-4-5-8-6-11(3)9(12)10-7(8)2;1-11-3-10-4-5(7)8-2-9-6(4)11/h4-6H,1-3H3;2-3H,1H3,(H2,7,8,9)/b5-4+;. The number of rotatable bonds is 1. The van der Waals surface area contributed by atoms with Crippen molar-refractivity contribution in [1.82, 2.24) is 29.1 Å². The molecule has 3 rings (SSSR count). The molecule has 8 heteroatoms. The first-order valence-corrected chi connectivity index (χ1v) is 6.98. The molecular formula is C15H19N7O. The van der Waals surface area contributed by atoms with E-state index in [2.05, 4.69) is 19.9 Å². The van der Waals surface area contributed by atoms with Crippen LogP contribution in [0.4, 0.5) is 5.82 Å². The van der Waals surface area contributed by atoms with Crippen molar-refractivity contribution in [2.24, 2.45) is 14.1 Å². The first-order chi connectivity index (χ1) is 10.9. The van der Waals surface area contributed by atoms with Crippen molar-refractivity contribution in [2.75, 3.05) is 5.73 Å². The molecule has 0 aromatic carbocycles. The minimum atomic E-state index is -0.208. The molecule has 3 heterocycles. The zero-order chi connectivity index (χ0) is 17.0. The van der Waals surface area contributed by atoms with Gasteiger partial charge in [-0.25, -0.2) is 19.7 Å². The maximum atomic E-state index is 11.0. The number of anilines is 1. The van der Waals surface area contributed by atoms with E-state index < -0.39 is 0 Å². The molecule has 0 fully saturated rings. The highest BCUT2D eigenvalue weighted by atomic mass is 16.1. The Hall–Kier alpha value is -3.03. The second kappa shape index (κ2) is 6.82. The summed E-state index contributed by atoms with van der Waals surface area (Å²) < 4.78 is 3.27. The van der Waals surface area contributed by atoms with Gasteiger partial charge in [-0.3, -0.25) is 0 Å². The van der Waals surface area contributed by atoms with Crippen molar-refractivity contribution in [2.45, 2.75) is 13.8 Å². The van der Waals surface area contributed by atoms with Gasteiger partial charge in [0, 0.05) is 25.9 Å². The number of hydrogen-bond donors (Lipinski definition) is 1. The molecule has 0 saturated heterocycles. The van der Waals surface area contributed by atoms with Crippen LogP contribution in [0.3, 0.4) is 0 Å². The van der Waals surface area contributed by atoms with Gasteiger partial charge in [0.05, 0.1) is 12.0 Å². The lowest BCUT2D eigenvalue weighted by atomic mass is 10.2. The molecule has 3 aromatic rings. The molecule has 0 bridgehead atoms. The average Bonchev–Trinajstić information content (AvgIpc) is 2.89. The molecule has 120 valence electrons. The maximum absolute atomic E-state index is 11.0. The third kappa shape index (κ3) is 3.60. The quantitative estimate of drug-likeness (QED) is 0.720. The predicted molar refractivity (Wildman–Crippen MR) is 89.6 cm³/mol. The fraction of sp³-hybridized carbons (Fsp3) is 0.267. The molecule has 0 radical (unpaired) electrons. The topological polar surface area (TPSA) is 105 Å². The van der Waals surface area contributed by atoms with Crippen LogP contribution >= 0.6 is 0 Å². The summed E-state index contributed by atoms with van der Waals surface area (Å²) in [6.45, 7) is 3.77. The number of allylic oxidation sites excluding steroid dienone is 1. The molecule has 0 unspecified atom stereocenters. The molecule has 0 amide bonds. The highest BCUT2D eigenvalue weighted by Crippen LogP contribution is 2.11. The van der Waals surface area contributed by atoms with Gasteiger partial charge in [0.15, 0.2) is 11.5 Å². The van der Waals surface area contributed by atoms with Gasteiger partial charge in [0.2, 0.25) is 0 Å². The summed E-state index contributed by atoms with van der Waals surface area (Å²) >= 11 is 0. The Morgan fingerprint density at radius 1 is 1.17 bits per heavy atom. The van der Waals surface area contributed by atoms with Gasteiger partial charge in [-0.15, -0.1) is 0 Å². The second-order valence-corrected chi connectivity index (χ2v) is 4.96. The van der Waals surface area contributed by atoms with Crippen LogP contribution in [0.5, 0.6) is 0 Å². The Labute approximate surface area is 133 Å².